The van der Waals surface area contributed by atoms with Crippen LogP contribution in [0, 0.1) is 3.57 Å². The van der Waals surface area contributed by atoms with Gasteiger partial charge in [0, 0.05) is 15.3 Å². The van der Waals surface area contributed by atoms with Gasteiger partial charge in [0.25, 0.3) is 0 Å². The highest BCUT2D eigenvalue weighted by molar-refractivity contribution is 14.1. The average molecular weight is 473 g/mol. The molecule has 138 valence electrons. The minimum atomic E-state index is -0.489. The lowest BCUT2D eigenvalue weighted by Gasteiger charge is -2.19. The second-order valence-electron chi connectivity index (χ2n) is 6.06. The van der Waals surface area contributed by atoms with E-state index in [0.29, 0.717) is 12.3 Å². The van der Waals surface area contributed by atoms with Gasteiger partial charge in [0.05, 0.1) is 20.1 Å². The summed E-state index contributed by atoms with van der Waals surface area (Å²) in [6.07, 6.45) is 2.18. The standard InChI is InChI=1S/C22H20INO3/c1-26-21-20(19(23)11-12-24-21)18(22(25)27-2)14-15-7-6-10-17(13-15)16-8-4-3-5-9-16/h3-13,18H,14H2,1-2H3. The molecular formula is C22H20INO3. The molecular weight excluding hydrogens is 453 g/mol. The van der Waals surface area contributed by atoms with Gasteiger partial charge >= 0.3 is 5.97 Å². The van der Waals surface area contributed by atoms with E-state index in [2.05, 4.69) is 51.8 Å². The molecule has 1 atom stereocenters. The van der Waals surface area contributed by atoms with Gasteiger partial charge in [0.2, 0.25) is 5.88 Å². The number of hydrogen-bond acceptors (Lipinski definition) is 4. The smallest absolute Gasteiger partial charge is 0.313 e. The zero-order valence-corrected chi connectivity index (χ0v) is 17.3. The van der Waals surface area contributed by atoms with Gasteiger partial charge in [-0.05, 0) is 51.8 Å². The largest absolute Gasteiger partial charge is 0.481 e. The summed E-state index contributed by atoms with van der Waals surface area (Å²) in [7, 11) is 2.97. The second-order valence-corrected chi connectivity index (χ2v) is 7.22. The van der Waals surface area contributed by atoms with Crippen LogP contribution in [0.15, 0.2) is 66.9 Å². The van der Waals surface area contributed by atoms with E-state index in [9.17, 15) is 4.79 Å². The van der Waals surface area contributed by atoms with Gasteiger partial charge in [-0.2, -0.15) is 0 Å². The molecule has 1 aromatic heterocycles. The summed E-state index contributed by atoms with van der Waals surface area (Å²) in [6.45, 7) is 0. The zero-order chi connectivity index (χ0) is 19.2. The molecule has 0 spiro atoms. The van der Waals surface area contributed by atoms with Crippen molar-refractivity contribution < 1.29 is 14.3 Å². The molecule has 0 amide bonds. The van der Waals surface area contributed by atoms with Crippen molar-refractivity contribution in [3.63, 3.8) is 0 Å². The average Bonchev–Trinajstić information content (AvgIpc) is 2.72. The normalized spacial score (nSPS) is 11.7. The molecule has 0 aliphatic heterocycles. The van der Waals surface area contributed by atoms with Crippen molar-refractivity contribution in [2.75, 3.05) is 14.2 Å². The van der Waals surface area contributed by atoms with Crippen LogP contribution in [0.1, 0.15) is 17.0 Å². The number of carbonyl (C=O) groups excluding carboxylic acids is 1. The van der Waals surface area contributed by atoms with Gasteiger partial charge < -0.3 is 9.47 Å². The number of methoxy groups -OCH3 is 2. The Bertz CT molecular complexity index is 928. The molecule has 3 aromatic rings. The predicted octanol–water partition coefficient (Wildman–Crippen LogP) is 4.86. The number of pyridine rings is 1. The number of carbonyl (C=O) groups is 1. The van der Waals surface area contributed by atoms with Crippen molar-refractivity contribution in [3.05, 3.63) is 81.6 Å². The first-order valence-corrected chi connectivity index (χ1v) is 9.62. The lowest BCUT2D eigenvalue weighted by Crippen LogP contribution is -2.19. The molecule has 0 N–H and O–H groups in total. The van der Waals surface area contributed by atoms with E-state index in [4.69, 9.17) is 9.47 Å². The Kier molecular flexibility index (Phi) is 6.45. The topological polar surface area (TPSA) is 48.4 Å². The van der Waals surface area contributed by atoms with Crippen LogP contribution in [0.5, 0.6) is 5.88 Å². The molecule has 0 saturated heterocycles. The van der Waals surface area contributed by atoms with Crippen molar-refractivity contribution in [1.82, 2.24) is 4.98 Å². The van der Waals surface area contributed by atoms with E-state index in [0.717, 1.165) is 25.8 Å². The van der Waals surface area contributed by atoms with Crippen molar-refractivity contribution in [2.45, 2.75) is 12.3 Å². The van der Waals surface area contributed by atoms with Crippen LogP contribution in [-0.2, 0) is 16.0 Å². The van der Waals surface area contributed by atoms with Crippen molar-refractivity contribution in [3.8, 4) is 17.0 Å². The minimum absolute atomic E-state index is 0.302. The number of benzene rings is 2. The lowest BCUT2D eigenvalue weighted by molar-refractivity contribution is -0.142. The Labute approximate surface area is 172 Å². The Morgan fingerprint density at radius 3 is 2.48 bits per heavy atom. The molecule has 0 saturated carbocycles. The van der Waals surface area contributed by atoms with E-state index in [-0.39, 0.29) is 5.97 Å². The van der Waals surface area contributed by atoms with Crippen LogP contribution in [0.3, 0.4) is 0 Å². The quantitative estimate of drug-likeness (QED) is 0.379. The molecule has 0 fully saturated rings. The molecule has 0 aliphatic carbocycles. The van der Waals surface area contributed by atoms with Gasteiger partial charge in [0.1, 0.15) is 0 Å². The second kappa shape index (κ2) is 8.99. The number of ether oxygens (including phenoxy) is 2. The van der Waals surface area contributed by atoms with Crippen LogP contribution in [0.4, 0.5) is 0 Å². The van der Waals surface area contributed by atoms with E-state index in [1.165, 1.54) is 7.11 Å². The number of aromatic nitrogens is 1. The van der Waals surface area contributed by atoms with Gasteiger partial charge in [-0.15, -0.1) is 0 Å². The number of nitrogens with zero attached hydrogens (tertiary/aromatic N) is 1. The monoisotopic (exact) mass is 473 g/mol. The van der Waals surface area contributed by atoms with Gasteiger partial charge in [0.15, 0.2) is 0 Å². The summed E-state index contributed by atoms with van der Waals surface area (Å²) < 4.78 is 11.4. The lowest BCUT2D eigenvalue weighted by atomic mass is 9.91. The summed E-state index contributed by atoms with van der Waals surface area (Å²) in [5, 5.41) is 0. The van der Waals surface area contributed by atoms with Crippen LogP contribution in [-0.4, -0.2) is 25.2 Å². The van der Waals surface area contributed by atoms with Crippen LogP contribution in [0.25, 0.3) is 11.1 Å². The molecule has 0 aliphatic rings. The predicted molar refractivity (Wildman–Crippen MR) is 114 cm³/mol. The van der Waals surface area contributed by atoms with Crippen molar-refractivity contribution in [2.24, 2.45) is 0 Å². The fraction of sp³-hybridized carbons (Fsp3) is 0.182. The zero-order valence-electron chi connectivity index (χ0n) is 15.2. The SMILES string of the molecule is COC(=O)C(Cc1cccc(-c2ccccc2)c1)c1c(I)ccnc1OC. The first-order chi connectivity index (χ1) is 13.1. The fourth-order valence-electron chi connectivity index (χ4n) is 3.10. The molecule has 0 radical (unpaired) electrons. The van der Waals surface area contributed by atoms with E-state index in [1.807, 2.05) is 36.4 Å². The summed E-state index contributed by atoms with van der Waals surface area (Å²) >= 11 is 2.21. The van der Waals surface area contributed by atoms with Crippen molar-refractivity contribution >= 4 is 28.6 Å². The Morgan fingerprint density at radius 2 is 1.78 bits per heavy atom. The summed E-state index contributed by atoms with van der Waals surface area (Å²) in [5.74, 6) is -0.336. The highest BCUT2D eigenvalue weighted by atomic mass is 127. The van der Waals surface area contributed by atoms with Crippen LogP contribution < -0.4 is 4.74 Å². The molecule has 27 heavy (non-hydrogen) atoms. The molecule has 5 heteroatoms. The maximum atomic E-state index is 12.6. The fourth-order valence-corrected chi connectivity index (χ4v) is 3.87. The molecule has 1 heterocycles. The maximum absolute atomic E-state index is 12.6. The molecule has 4 nitrogen and oxygen atoms in total. The van der Waals surface area contributed by atoms with E-state index < -0.39 is 5.92 Å². The molecule has 1 unspecified atom stereocenters. The summed E-state index contributed by atoms with van der Waals surface area (Å²) in [4.78, 5) is 16.9. The van der Waals surface area contributed by atoms with Crippen LogP contribution >= 0.6 is 22.6 Å². The number of hydrogen-bond donors (Lipinski definition) is 0. The minimum Gasteiger partial charge on any atom is -0.481 e. The molecule has 0 bridgehead atoms. The highest BCUT2D eigenvalue weighted by Gasteiger charge is 2.28. The number of esters is 1. The third kappa shape index (κ3) is 4.47. The van der Waals surface area contributed by atoms with Gasteiger partial charge in [-0.3, -0.25) is 4.79 Å². The highest BCUT2D eigenvalue weighted by Crippen LogP contribution is 2.33. The van der Waals surface area contributed by atoms with Gasteiger partial charge in [-0.1, -0.05) is 54.6 Å². The van der Waals surface area contributed by atoms with Gasteiger partial charge in [-0.25, -0.2) is 4.98 Å². The first kappa shape index (κ1) is 19.4. The summed E-state index contributed by atoms with van der Waals surface area (Å²) in [6, 6.07) is 20.3. The Morgan fingerprint density at radius 1 is 1.04 bits per heavy atom. The van der Waals surface area contributed by atoms with Crippen molar-refractivity contribution in [1.29, 1.82) is 0 Å². The first-order valence-electron chi connectivity index (χ1n) is 8.54. The summed E-state index contributed by atoms with van der Waals surface area (Å²) in [5.41, 5.74) is 4.07. The maximum Gasteiger partial charge on any atom is 0.313 e. The van der Waals surface area contributed by atoms with E-state index >= 15 is 0 Å². The molecule has 3 rings (SSSR count). The number of halogens is 1. The number of rotatable bonds is 6. The Hall–Kier alpha value is -2.41. The molecule has 2 aromatic carbocycles. The Balaban J connectivity index is 1.99. The van der Waals surface area contributed by atoms with Crippen LogP contribution in [0.2, 0.25) is 0 Å². The third-order valence-electron chi connectivity index (χ3n) is 4.40. The van der Waals surface area contributed by atoms with E-state index in [1.54, 1.807) is 13.3 Å². The third-order valence-corrected chi connectivity index (χ3v) is 5.34.